The molecule has 86 valence electrons. The molecule has 1 aliphatic heterocycles. The number of allylic oxidation sites excluding steroid dienone is 1. The van der Waals surface area contributed by atoms with E-state index in [1.54, 1.807) is 7.05 Å². The molecule has 0 bridgehead atoms. The number of nitrogens with two attached hydrogens (primary N) is 1. The molecule has 0 saturated carbocycles. The van der Waals surface area contributed by atoms with Gasteiger partial charge in [-0.15, -0.1) is 0 Å². The van der Waals surface area contributed by atoms with Gasteiger partial charge >= 0.3 is 0 Å². The minimum atomic E-state index is -1.03. The zero-order valence-electron chi connectivity index (χ0n) is 9.70. The predicted molar refractivity (Wildman–Crippen MR) is 61.8 cm³/mol. The molecule has 4 heteroatoms. The number of likely N-dealkylation sites (tertiary alicyclic amines) is 1. The normalized spacial score (nSPS) is 31.3. The smallest absolute Gasteiger partial charge is 0.135 e. The lowest BCUT2D eigenvalue weighted by Crippen LogP contribution is -2.34. The van der Waals surface area contributed by atoms with Crippen molar-refractivity contribution in [2.45, 2.75) is 19.5 Å². The Morgan fingerprint density at radius 1 is 1.67 bits per heavy atom. The predicted octanol–water partition coefficient (Wildman–Crippen LogP) is 1.21. The topological polar surface area (TPSA) is 41.6 Å². The first-order chi connectivity index (χ1) is 7.03. The Balaban J connectivity index is 2.79. The molecule has 0 aromatic carbocycles. The Morgan fingerprint density at radius 2 is 2.33 bits per heavy atom. The van der Waals surface area contributed by atoms with E-state index in [2.05, 4.69) is 9.89 Å². The van der Waals surface area contributed by atoms with Crippen LogP contribution >= 0.6 is 0 Å². The first-order valence-corrected chi connectivity index (χ1v) is 5.20. The van der Waals surface area contributed by atoms with Crippen LogP contribution in [-0.2, 0) is 0 Å². The minimum Gasteiger partial charge on any atom is -0.404 e. The van der Waals surface area contributed by atoms with Crippen LogP contribution in [0.15, 0.2) is 16.8 Å². The summed E-state index contributed by atoms with van der Waals surface area (Å²) in [7, 11) is 3.64. The Bertz CT molecular complexity index is 275. The van der Waals surface area contributed by atoms with Gasteiger partial charge in [0, 0.05) is 37.0 Å². The first-order valence-electron chi connectivity index (χ1n) is 5.20. The molecular formula is C11H20FN3. The Morgan fingerprint density at radius 3 is 2.73 bits per heavy atom. The van der Waals surface area contributed by atoms with Crippen LogP contribution in [0.2, 0.25) is 0 Å². The third-order valence-corrected chi connectivity index (χ3v) is 3.07. The first kappa shape index (κ1) is 12.2. The summed E-state index contributed by atoms with van der Waals surface area (Å²) in [6.07, 6.45) is 2.66. The van der Waals surface area contributed by atoms with E-state index in [4.69, 9.17) is 5.73 Å². The van der Waals surface area contributed by atoms with Gasteiger partial charge in [-0.2, -0.15) is 0 Å². The van der Waals surface area contributed by atoms with Crippen LogP contribution < -0.4 is 5.73 Å². The maximum Gasteiger partial charge on any atom is 0.135 e. The standard InChI is InChI=1S/C11H20FN3/c1-11(4-5-15(3)8-11)10(12)9(6-13)7-14-2/h6-7,10H,4-5,8,13H2,1-3H3. The van der Waals surface area contributed by atoms with Crippen molar-refractivity contribution in [1.82, 2.24) is 4.90 Å². The van der Waals surface area contributed by atoms with Gasteiger partial charge in [0.2, 0.25) is 0 Å². The van der Waals surface area contributed by atoms with Crippen molar-refractivity contribution in [3.05, 3.63) is 11.8 Å². The van der Waals surface area contributed by atoms with E-state index in [9.17, 15) is 4.39 Å². The summed E-state index contributed by atoms with van der Waals surface area (Å²) in [5.74, 6) is 0. The number of hydrogen-bond donors (Lipinski definition) is 1. The third-order valence-electron chi connectivity index (χ3n) is 3.07. The Kier molecular flexibility index (Phi) is 3.85. The molecule has 0 amide bonds. The lowest BCUT2D eigenvalue weighted by molar-refractivity contribution is 0.167. The molecule has 2 unspecified atom stereocenters. The maximum absolute atomic E-state index is 14.3. The van der Waals surface area contributed by atoms with Gasteiger partial charge in [0.25, 0.3) is 0 Å². The number of hydrogen-bond acceptors (Lipinski definition) is 3. The molecule has 2 atom stereocenters. The zero-order valence-corrected chi connectivity index (χ0v) is 9.70. The second-order valence-corrected chi connectivity index (χ2v) is 4.56. The van der Waals surface area contributed by atoms with Crippen molar-refractivity contribution in [2.24, 2.45) is 16.1 Å². The molecule has 0 aliphatic carbocycles. The zero-order chi connectivity index (χ0) is 11.5. The number of halogens is 1. The van der Waals surface area contributed by atoms with Crippen molar-refractivity contribution in [3.8, 4) is 0 Å². The monoisotopic (exact) mass is 213 g/mol. The maximum atomic E-state index is 14.3. The molecule has 2 N–H and O–H groups in total. The molecule has 3 nitrogen and oxygen atoms in total. The molecule has 0 aromatic heterocycles. The van der Waals surface area contributed by atoms with Crippen LogP contribution in [0.4, 0.5) is 4.39 Å². The molecule has 1 fully saturated rings. The van der Waals surface area contributed by atoms with Gasteiger partial charge in [0.05, 0.1) is 0 Å². The van der Waals surface area contributed by atoms with Crippen LogP contribution in [0.1, 0.15) is 13.3 Å². The fourth-order valence-electron chi connectivity index (χ4n) is 2.17. The van der Waals surface area contributed by atoms with E-state index in [0.29, 0.717) is 5.57 Å². The van der Waals surface area contributed by atoms with Crippen LogP contribution in [0.3, 0.4) is 0 Å². The van der Waals surface area contributed by atoms with Gasteiger partial charge in [-0.05, 0) is 20.0 Å². The fourth-order valence-corrected chi connectivity index (χ4v) is 2.17. The van der Waals surface area contributed by atoms with Crippen LogP contribution in [0.25, 0.3) is 0 Å². The lowest BCUT2D eigenvalue weighted by atomic mass is 9.81. The number of rotatable bonds is 3. The molecule has 0 radical (unpaired) electrons. The summed E-state index contributed by atoms with van der Waals surface area (Å²) in [6.45, 7) is 3.68. The molecule has 1 saturated heterocycles. The number of alkyl halides is 1. The van der Waals surface area contributed by atoms with Gasteiger partial charge < -0.3 is 10.6 Å². The van der Waals surface area contributed by atoms with Crippen LogP contribution in [0.5, 0.6) is 0 Å². The average Bonchev–Trinajstić information content (AvgIpc) is 2.55. The lowest BCUT2D eigenvalue weighted by Gasteiger charge is -2.28. The molecule has 1 heterocycles. The van der Waals surface area contributed by atoms with Crippen molar-refractivity contribution in [3.63, 3.8) is 0 Å². The van der Waals surface area contributed by atoms with E-state index in [0.717, 1.165) is 19.5 Å². The summed E-state index contributed by atoms with van der Waals surface area (Å²) in [4.78, 5) is 5.97. The van der Waals surface area contributed by atoms with Crippen molar-refractivity contribution < 1.29 is 4.39 Å². The quantitative estimate of drug-likeness (QED) is 0.716. The van der Waals surface area contributed by atoms with Crippen molar-refractivity contribution in [1.29, 1.82) is 0 Å². The van der Waals surface area contributed by atoms with E-state index in [1.807, 2.05) is 14.0 Å². The van der Waals surface area contributed by atoms with Gasteiger partial charge in [-0.25, -0.2) is 4.39 Å². The molecule has 1 aliphatic rings. The molecule has 1 rings (SSSR count). The molecule has 0 spiro atoms. The van der Waals surface area contributed by atoms with Gasteiger partial charge in [0.15, 0.2) is 0 Å². The second kappa shape index (κ2) is 4.75. The summed E-state index contributed by atoms with van der Waals surface area (Å²) >= 11 is 0. The van der Waals surface area contributed by atoms with Gasteiger partial charge in [-0.1, -0.05) is 6.92 Å². The van der Waals surface area contributed by atoms with Gasteiger partial charge in [-0.3, -0.25) is 4.99 Å². The van der Waals surface area contributed by atoms with Crippen LogP contribution in [-0.4, -0.2) is 44.5 Å². The van der Waals surface area contributed by atoms with Gasteiger partial charge in [0.1, 0.15) is 6.17 Å². The summed E-state index contributed by atoms with van der Waals surface area (Å²) in [5.41, 5.74) is 5.56. The highest BCUT2D eigenvalue weighted by molar-refractivity contribution is 5.79. The fraction of sp³-hybridized carbons (Fsp3) is 0.727. The SMILES string of the molecule is CN=CC(=CN)C(F)C1(C)CCN(C)C1. The molecular weight excluding hydrogens is 193 g/mol. The second-order valence-electron chi connectivity index (χ2n) is 4.56. The largest absolute Gasteiger partial charge is 0.404 e. The summed E-state index contributed by atoms with van der Waals surface area (Å²) in [5, 5.41) is 0. The number of nitrogens with zero attached hydrogens (tertiary/aromatic N) is 2. The Labute approximate surface area is 90.9 Å². The molecule has 15 heavy (non-hydrogen) atoms. The number of aliphatic imine (C=N–C) groups is 1. The van der Waals surface area contributed by atoms with Crippen molar-refractivity contribution >= 4 is 6.21 Å². The van der Waals surface area contributed by atoms with Crippen molar-refractivity contribution in [2.75, 3.05) is 27.2 Å². The van der Waals surface area contributed by atoms with E-state index < -0.39 is 6.17 Å². The summed E-state index contributed by atoms with van der Waals surface area (Å²) in [6, 6.07) is 0. The highest BCUT2D eigenvalue weighted by Crippen LogP contribution is 2.37. The van der Waals surface area contributed by atoms with E-state index in [1.165, 1.54) is 12.4 Å². The summed E-state index contributed by atoms with van der Waals surface area (Å²) < 4.78 is 14.3. The Hall–Kier alpha value is -0.900. The highest BCUT2D eigenvalue weighted by atomic mass is 19.1. The van der Waals surface area contributed by atoms with E-state index in [-0.39, 0.29) is 5.41 Å². The van der Waals surface area contributed by atoms with Crippen LogP contribution in [0, 0.1) is 5.41 Å². The molecule has 0 aromatic rings. The van der Waals surface area contributed by atoms with E-state index >= 15 is 0 Å². The minimum absolute atomic E-state index is 0.332. The highest BCUT2D eigenvalue weighted by Gasteiger charge is 2.41. The third kappa shape index (κ3) is 2.56. The average molecular weight is 213 g/mol.